The molecule has 2 amide bonds. The van der Waals surface area contributed by atoms with Crippen LogP contribution in [0.5, 0.6) is 0 Å². The molecule has 3 saturated heterocycles. The van der Waals surface area contributed by atoms with Gasteiger partial charge in [-0.05, 0) is 57.2 Å². The monoisotopic (exact) mass is 343 g/mol. The molecular weight excluding hydrogens is 314 g/mol. The maximum atomic E-state index is 12.4. The SMILES string of the molecule is CN1CCCC(CNC(=O)NC2CC3CCC2O3)C1c1ccccc1. The van der Waals surface area contributed by atoms with Gasteiger partial charge >= 0.3 is 6.03 Å². The Hall–Kier alpha value is -1.59. The molecular formula is C20H29N3O2. The molecule has 136 valence electrons. The maximum absolute atomic E-state index is 12.4. The van der Waals surface area contributed by atoms with Crippen molar-refractivity contribution in [2.24, 2.45) is 5.92 Å². The number of urea groups is 1. The van der Waals surface area contributed by atoms with E-state index in [0.717, 1.165) is 38.8 Å². The van der Waals surface area contributed by atoms with Crippen LogP contribution in [0.1, 0.15) is 43.7 Å². The number of hydrogen-bond donors (Lipinski definition) is 2. The summed E-state index contributed by atoms with van der Waals surface area (Å²) < 4.78 is 5.82. The smallest absolute Gasteiger partial charge is 0.315 e. The highest BCUT2D eigenvalue weighted by Gasteiger charge is 2.41. The molecule has 3 aliphatic heterocycles. The lowest BCUT2D eigenvalue weighted by atomic mass is 9.85. The van der Waals surface area contributed by atoms with Crippen LogP contribution in [-0.2, 0) is 4.74 Å². The number of ether oxygens (including phenoxy) is 1. The quantitative estimate of drug-likeness (QED) is 0.884. The van der Waals surface area contributed by atoms with Gasteiger partial charge in [-0.15, -0.1) is 0 Å². The van der Waals surface area contributed by atoms with E-state index in [9.17, 15) is 4.79 Å². The first kappa shape index (κ1) is 16.9. The molecule has 0 aromatic heterocycles. The molecule has 25 heavy (non-hydrogen) atoms. The van der Waals surface area contributed by atoms with Crippen molar-refractivity contribution in [3.63, 3.8) is 0 Å². The van der Waals surface area contributed by atoms with Crippen LogP contribution in [0.2, 0.25) is 0 Å². The minimum Gasteiger partial charge on any atom is -0.373 e. The number of amides is 2. The topological polar surface area (TPSA) is 53.6 Å². The molecule has 1 aromatic carbocycles. The molecule has 0 saturated carbocycles. The molecule has 3 fully saturated rings. The van der Waals surface area contributed by atoms with Crippen LogP contribution in [-0.4, -0.2) is 49.3 Å². The highest BCUT2D eigenvalue weighted by Crippen LogP contribution is 2.35. The molecule has 4 rings (SSSR count). The standard InChI is InChI=1S/C20H29N3O2/c1-23-11-5-8-15(19(23)14-6-3-2-4-7-14)13-21-20(24)22-17-12-16-9-10-18(17)25-16/h2-4,6-7,15-19H,5,8-13H2,1H3,(H2,21,22,24). The third kappa shape index (κ3) is 3.67. The number of nitrogens with zero attached hydrogens (tertiary/aromatic N) is 1. The molecule has 0 radical (unpaired) electrons. The lowest BCUT2D eigenvalue weighted by molar-refractivity contribution is 0.0977. The molecule has 3 heterocycles. The average Bonchev–Trinajstić information content (AvgIpc) is 3.24. The Kier molecular flexibility index (Phi) is 4.95. The van der Waals surface area contributed by atoms with Crippen LogP contribution in [0.3, 0.4) is 0 Å². The third-order valence-corrected chi connectivity index (χ3v) is 6.10. The van der Waals surface area contributed by atoms with Crippen molar-refractivity contribution in [3.8, 4) is 0 Å². The lowest BCUT2D eigenvalue weighted by Crippen LogP contribution is -2.49. The number of carbonyl (C=O) groups is 1. The molecule has 0 aliphatic carbocycles. The average molecular weight is 343 g/mol. The second-order valence-electron chi connectivity index (χ2n) is 7.81. The van der Waals surface area contributed by atoms with Crippen LogP contribution < -0.4 is 10.6 Å². The number of piperidine rings is 1. The first-order valence-corrected chi connectivity index (χ1v) is 9.65. The number of hydrogen-bond acceptors (Lipinski definition) is 3. The minimum absolute atomic E-state index is 0.0406. The largest absolute Gasteiger partial charge is 0.373 e. The number of carbonyl (C=O) groups excluding carboxylic acids is 1. The van der Waals surface area contributed by atoms with E-state index in [1.54, 1.807) is 0 Å². The summed E-state index contributed by atoms with van der Waals surface area (Å²) in [5, 5.41) is 6.25. The van der Waals surface area contributed by atoms with Gasteiger partial charge in [0, 0.05) is 12.6 Å². The van der Waals surface area contributed by atoms with Gasteiger partial charge in [0.15, 0.2) is 0 Å². The van der Waals surface area contributed by atoms with Crippen molar-refractivity contribution >= 4 is 6.03 Å². The summed E-state index contributed by atoms with van der Waals surface area (Å²) in [6, 6.07) is 11.2. The normalized spacial score (nSPS) is 34.8. The van der Waals surface area contributed by atoms with Gasteiger partial charge < -0.3 is 15.4 Å². The summed E-state index contributed by atoms with van der Waals surface area (Å²) >= 11 is 0. The summed E-state index contributed by atoms with van der Waals surface area (Å²) in [4.78, 5) is 14.8. The van der Waals surface area contributed by atoms with E-state index in [-0.39, 0.29) is 18.2 Å². The molecule has 5 nitrogen and oxygen atoms in total. The van der Waals surface area contributed by atoms with Crippen molar-refractivity contribution in [1.82, 2.24) is 15.5 Å². The van der Waals surface area contributed by atoms with E-state index >= 15 is 0 Å². The first-order chi connectivity index (χ1) is 12.2. The summed E-state index contributed by atoms with van der Waals surface area (Å²) in [5.41, 5.74) is 1.35. The Morgan fingerprint density at radius 1 is 1.24 bits per heavy atom. The van der Waals surface area contributed by atoms with E-state index in [1.165, 1.54) is 12.0 Å². The molecule has 5 heteroatoms. The summed E-state index contributed by atoms with van der Waals surface area (Å²) in [6.45, 7) is 1.84. The van der Waals surface area contributed by atoms with Crippen molar-refractivity contribution in [2.45, 2.75) is 56.4 Å². The fourth-order valence-electron chi connectivity index (χ4n) is 4.88. The van der Waals surface area contributed by atoms with Gasteiger partial charge in [0.2, 0.25) is 0 Å². The van der Waals surface area contributed by atoms with E-state index in [2.05, 4.69) is 52.9 Å². The van der Waals surface area contributed by atoms with Gasteiger partial charge in [-0.25, -0.2) is 4.79 Å². The zero-order chi connectivity index (χ0) is 17.2. The van der Waals surface area contributed by atoms with Gasteiger partial charge in [-0.3, -0.25) is 4.90 Å². The van der Waals surface area contributed by atoms with Crippen molar-refractivity contribution < 1.29 is 9.53 Å². The predicted molar refractivity (Wildman–Crippen MR) is 97.4 cm³/mol. The molecule has 3 aliphatic rings. The Bertz CT molecular complexity index is 594. The van der Waals surface area contributed by atoms with Crippen LogP contribution in [0, 0.1) is 5.92 Å². The number of likely N-dealkylation sites (tertiary alicyclic amines) is 1. The Morgan fingerprint density at radius 3 is 2.80 bits per heavy atom. The van der Waals surface area contributed by atoms with Crippen molar-refractivity contribution in [1.29, 1.82) is 0 Å². The van der Waals surface area contributed by atoms with Gasteiger partial charge in [-0.2, -0.15) is 0 Å². The fourth-order valence-corrected chi connectivity index (χ4v) is 4.88. The zero-order valence-electron chi connectivity index (χ0n) is 15.0. The number of rotatable bonds is 4. The molecule has 5 atom stereocenters. The zero-order valence-corrected chi connectivity index (χ0v) is 15.0. The minimum atomic E-state index is -0.0406. The fraction of sp³-hybridized carbons (Fsp3) is 0.650. The third-order valence-electron chi connectivity index (χ3n) is 6.10. The van der Waals surface area contributed by atoms with Gasteiger partial charge in [0.05, 0.1) is 18.2 Å². The van der Waals surface area contributed by atoms with E-state index in [4.69, 9.17) is 4.74 Å². The highest BCUT2D eigenvalue weighted by atomic mass is 16.5. The summed E-state index contributed by atoms with van der Waals surface area (Å²) in [5.74, 6) is 0.447. The first-order valence-electron chi connectivity index (χ1n) is 9.65. The van der Waals surface area contributed by atoms with E-state index < -0.39 is 0 Å². The number of benzene rings is 1. The summed E-state index contributed by atoms with van der Waals surface area (Å²) in [7, 11) is 2.19. The van der Waals surface area contributed by atoms with E-state index in [1.807, 2.05) is 0 Å². The Labute approximate surface area is 150 Å². The highest BCUT2D eigenvalue weighted by molar-refractivity contribution is 5.74. The number of fused-ring (bicyclic) bond motifs is 2. The molecule has 0 spiro atoms. The van der Waals surface area contributed by atoms with Crippen molar-refractivity contribution in [2.75, 3.05) is 20.1 Å². The number of nitrogens with one attached hydrogen (secondary N) is 2. The second kappa shape index (κ2) is 7.34. The van der Waals surface area contributed by atoms with Crippen molar-refractivity contribution in [3.05, 3.63) is 35.9 Å². The molecule has 2 bridgehead atoms. The Balaban J connectivity index is 1.33. The van der Waals surface area contributed by atoms with Crippen LogP contribution >= 0.6 is 0 Å². The van der Waals surface area contributed by atoms with Gasteiger partial charge in [0.1, 0.15) is 0 Å². The predicted octanol–water partition coefficient (Wildman–Crippen LogP) is 2.69. The second-order valence-corrected chi connectivity index (χ2v) is 7.81. The maximum Gasteiger partial charge on any atom is 0.315 e. The van der Waals surface area contributed by atoms with Crippen LogP contribution in [0.25, 0.3) is 0 Å². The summed E-state index contributed by atoms with van der Waals surface area (Å²) in [6.07, 6.45) is 6.14. The van der Waals surface area contributed by atoms with Gasteiger partial charge in [-0.1, -0.05) is 30.3 Å². The Morgan fingerprint density at radius 2 is 2.08 bits per heavy atom. The van der Waals surface area contributed by atoms with Crippen LogP contribution in [0.4, 0.5) is 4.79 Å². The molecule has 5 unspecified atom stereocenters. The molecule has 1 aromatic rings. The molecule has 2 N–H and O–H groups in total. The van der Waals surface area contributed by atoms with Crippen LogP contribution in [0.15, 0.2) is 30.3 Å². The van der Waals surface area contributed by atoms with Gasteiger partial charge in [0.25, 0.3) is 0 Å². The lowest BCUT2D eigenvalue weighted by Gasteiger charge is -2.39. The van der Waals surface area contributed by atoms with E-state index in [0.29, 0.717) is 18.1 Å².